The second kappa shape index (κ2) is 5.14. The number of rotatable bonds is 3. The van der Waals surface area contributed by atoms with Gasteiger partial charge in [0.2, 0.25) is 0 Å². The fourth-order valence-corrected chi connectivity index (χ4v) is 2.19. The van der Waals surface area contributed by atoms with Gasteiger partial charge in [0, 0.05) is 19.2 Å². The molecule has 0 spiro atoms. The van der Waals surface area contributed by atoms with E-state index in [9.17, 15) is 0 Å². The summed E-state index contributed by atoms with van der Waals surface area (Å²) in [6.07, 6.45) is 6.74. The van der Waals surface area contributed by atoms with Gasteiger partial charge in [0.1, 0.15) is 18.0 Å². The van der Waals surface area contributed by atoms with Gasteiger partial charge in [-0.3, -0.25) is 0 Å². The first-order chi connectivity index (χ1) is 7.78. The van der Waals surface area contributed by atoms with Crippen LogP contribution in [-0.2, 0) is 0 Å². The lowest BCUT2D eigenvalue weighted by Crippen LogP contribution is -2.25. The molecule has 1 aromatic heterocycles. The molecule has 1 heterocycles. The third kappa shape index (κ3) is 2.84. The maximum atomic E-state index is 4.24. The van der Waals surface area contributed by atoms with Crippen molar-refractivity contribution in [3.63, 3.8) is 0 Å². The Bertz CT molecular complexity index is 332. The molecular weight excluding hydrogens is 200 g/mol. The van der Waals surface area contributed by atoms with E-state index in [2.05, 4.69) is 27.5 Å². The minimum absolute atomic E-state index is 0.579. The van der Waals surface area contributed by atoms with Gasteiger partial charge < -0.3 is 10.6 Å². The summed E-state index contributed by atoms with van der Waals surface area (Å²) >= 11 is 0. The second-order valence-corrected chi connectivity index (χ2v) is 4.64. The van der Waals surface area contributed by atoms with Crippen molar-refractivity contribution in [2.75, 3.05) is 17.7 Å². The molecule has 1 aromatic rings. The predicted octanol–water partition coefficient (Wildman–Crippen LogP) is 2.51. The van der Waals surface area contributed by atoms with Gasteiger partial charge in [0.25, 0.3) is 0 Å². The molecule has 0 unspecified atom stereocenters. The van der Waals surface area contributed by atoms with Crippen LogP contribution in [0.15, 0.2) is 12.4 Å². The summed E-state index contributed by atoms with van der Waals surface area (Å²) in [5.41, 5.74) is 0. The van der Waals surface area contributed by atoms with Crippen molar-refractivity contribution < 1.29 is 0 Å². The van der Waals surface area contributed by atoms with Gasteiger partial charge >= 0.3 is 0 Å². The van der Waals surface area contributed by atoms with Crippen LogP contribution in [0, 0.1) is 5.92 Å². The van der Waals surface area contributed by atoms with Crippen LogP contribution in [0.3, 0.4) is 0 Å². The molecule has 1 aliphatic carbocycles. The molecular formula is C12H20N4. The molecule has 0 aromatic carbocycles. The Morgan fingerprint density at radius 1 is 1.12 bits per heavy atom. The van der Waals surface area contributed by atoms with Gasteiger partial charge in [-0.25, -0.2) is 9.97 Å². The number of aromatic nitrogens is 2. The largest absolute Gasteiger partial charge is 0.373 e. The minimum atomic E-state index is 0.579. The van der Waals surface area contributed by atoms with Gasteiger partial charge in [0.05, 0.1) is 0 Å². The molecule has 4 nitrogen and oxygen atoms in total. The molecule has 88 valence electrons. The van der Waals surface area contributed by atoms with Gasteiger partial charge in [-0.1, -0.05) is 6.92 Å². The highest BCUT2D eigenvalue weighted by Gasteiger charge is 2.18. The van der Waals surface area contributed by atoms with Crippen molar-refractivity contribution in [2.24, 2.45) is 5.92 Å². The van der Waals surface area contributed by atoms with Crippen LogP contribution in [0.1, 0.15) is 32.6 Å². The van der Waals surface area contributed by atoms with Gasteiger partial charge in [-0.15, -0.1) is 0 Å². The average Bonchev–Trinajstić information content (AvgIpc) is 2.32. The Labute approximate surface area is 96.9 Å². The molecule has 0 radical (unpaired) electrons. The number of hydrogen-bond acceptors (Lipinski definition) is 4. The molecule has 1 aliphatic rings. The number of nitrogens with zero attached hydrogens (tertiary/aromatic N) is 2. The van der Waals surface area contributed by atoms with Crippen molar-refractivity contribution in [1.29, 1.82) is 0 Å². The van der Waals surface area contributed by atoms with E-state index in [4.69, 9.17) is 0 Å². The van der Waals surface area contributed by atoms with Crippen LogP contribution in [0.25, 0.3) is 0 Å². The van der Waals surface area contributed by atoms with Crippen molar-refractivity contribution in [3.05, 3.63) is 12.4 Å². The maximum Gasteiger partial charge on any atom is 0.131 e. The molecule has 2 rings (SSSR count). The summed E-state index contributed by atoms with van der Waals surface area (Å²) in [6, 6.07) is 2.54. The summed E-state index contributed by atoms with van der Waals surface area (Å²) in [6.45, 7) is 2.33. The van der Waals surface area contributed by atoms with E-state index in [0.29, 0.717) is 6.04 Å². The van der Waals surface area contributed by atoms with Crippen molar-refractivity contribution in [1.82, 2.24) is 9.97 Å². The first-order valence-electron chi connectivity index (χ1n) is 6.04. The van der Waals surface area contributed by atoms with Crippen LogP contribution in [0.2, 0.25) is 0 Å². The Kier molecular flexibility index (Phi) is 3.59. The standard InChI is InChI=1S/C12H20N4/c1-9-3-5-10(6-4-9)16-12-7-11(13-2)14-8-15-12/h7-10H,3-6H2,1-2H3,(H2,13,14,15,16). The van der Waals surface area contributed by atoms with E-state index >= 15 is 0 Å². The first-order valence-corrected chi connectivity index (χ1v) is 6.04. The lowest BCUT2D eigenvalue weighted by atomic mass is 9.87. The molecule has 1 saturated carbocycles. The predicted molar refractivity (Wildman–Crippen MR) is 66.6 cm³/mol. The molecule has 16 heavy (non-hydrogen) atoms. The van der Waals surface area contributed by atoms with Crippen LogP contribution in [0.5, 0.6) is 0 Å². The third-order valence-corrected chi connectivity index (χ3v) is 3.29. The lowest BCUT2D eigenvalue weighted by Gasteiger charge is -2.27. The highest BCUT2D eigenvalue weighted by Crippen LogP contribution is 2.25. The number of hydrogen-bond donors (Lipinski definition) is 2. The van der Waals surface area contributed by atoms with Crippen molar-refractivity contribution >= 4 is 11.6 Å². The summed E-state index contributed by atoms with van der Waals surface area (Å²) in [5, 5.41) is 6.51. The van der Waals surface area contributed by atoms with Crippen molar-refractivity contribution in [2.45, 2.75) is 38.6 Å². The first kappa shape index (κ1) is 11.2. The second-order valence-electron chi connectivity index (χ2n) is 4.64. The summed E-state index contributed by atoms with van der Waals surface area (Å²) in [5.74, 6) is 2.68. The monoisotopic (exact) mass is 220 g/mol. The Balaban J connectivity index is 1.93. The molecule has 0 saturated heterocycles. The van der Waals surface area contributed by atoms with Gasteiger partial charge in [-0.2, -0.15) is 0 Å². The Morgan fingerprint density at radius 2 is 1.81 bits per heavy atom. The number of anilines is 2. The van der Waals surface area contributed by atoms with E-state index in [1.54, 1.807) is 6.33 Å². The fourth-order valence-electron chi connectivity index (χ4n) is 2.19. The minimum Gasteiger partial charge on any atom is -0.373 e. The molecule has 0 bridgehead atoms. The molecule has 1 fully saturated rings. The SMILES string of the molecule is CNc1cc(NC2CCC(C)CC2)ncn1. The highest BCUT2D eigenvalue weighted by molar-refractivity contribution is 5.46. The van der Waals surface area contributed by atoms with Crippen LogP contribution >= 0.6 is 0 Å². The molecule has 0 amide bonds. The number of nitrogens with one attached hydrogen (secondary N) is 2. The van der Waals surface area contributed by atoms with Gasteiger partial charge in [0.15, 0.2) is 0 Å². The van der Waals surface area contributed by atoms with E-state index in [0.717, 1.165) is 17.6 Å². The van der Waals surface area contributed by atoms with E-state index in [-0.39, 0.29) is 0 Å². The van der Waals surface area contributed by atoms with Crippen LogP contribution in [0.4, 0.5) is 11.6 Å². The lowest BCUT2D eigenvalue weighted by molar-refractivity contribution is 0.361. The summed E-state index contributed by atoms with van der Waals surface area (Å²) < 4.78 is 0. The van der Waals surface area contributed by atoms with Crippen LogP contribution < -0.4 is 10.6 Å². The Morgan fingerprint density at radius 3 is 2.50 bits per heavy atom. The fraction of sp³-hybridized carbons (Fsp3) is 0.667. The van der Waals surface area contributed by atoms with Crippen molar-refractivity contribution in [3.8, 4) is 0 Å². The normalized spacial score (nSPS) is 25.1. The average molecular weight is 220 g/mol. The van der Waals surface area contributed by atoms with Gasteiger partial charge in [-0.05, 0) is 31.6 Å². The highest BCUT2D eigenvalue weighted by atomic mass is 15.1. The molecule has 0 atom stereocenters. The molecule has 2 N–H and O–H groups in total. The topological polar surface area (TPSA) is 49.8 Å². The zero-order valence-electron chi connectivity index (χ0n) is 10.0. The zero-order valence-corrected chi connectivity index (χ0v) is 10.0. The maximum absolute atomic E-state index is 4.24. The third-order valence-electron chi connectivity index (χ3n) is 3.29. The van der Waals surface area contributed by atoms with Crippen LogP contribution in [-0.4, -0.2) is 23.1 Å². The smallest absolute Gasteiger partial charge is 0.131 e. The van der Waals surface area contributed by atoms with E-state index in [1.807, 2.05) is 13.1 Å². The van der Waals surface area contributed by atoms with E-state index in [1.165, 1.54) is 25.7 Å². The summed E-state index contributed by atoms with van der Waals surface area (Å²) in [4.78, 5) is 8.34. The molecule has 4 heteroatoms. The van der Waals surface area contributed by atoms with E-state index < -0.39 is 0 Å². The zero-order chi connectivity index (χ0) is 11.4. The quantitative estimate of drug-likeness (QED) is 0.821. The molecule has 0 aliphatic heterocycles. The summed E-state index contributed by atoms with van der Waals surface area (Å²) in [7, 11) is 1.87. The Hall–Kier alpha value is -1.32.